The van der Waals surface area contributed by atoms with Crippen molar-refractivity contribution in [3.05, 3.63) is 30.1 Å². The first-order chi connectivity index (χ1) is 7.62. The van der Waals surface area contributed by atoms with E-state index >= 15 is 0 Å². The van der Waals surface area contributed by atoms with Crippen LogP contribution in [0.25, 0.3) is 0 Å². The summed E-state index contributed by atoms with van der Waals surface area (Å²) in [5.74, 6) is -0.715. The number of benzene rings is 1. The summed E-state index contributed by atoms with van der Waals surface area (Å²) >= 11 is 0. The summed E-state index contributed by atoms with van der Waals surface area (Å²) in [5, 5.41) is 2.55. The van der Waals surface area contributed by atoms with Crippen molar-refractivity contribution in [1.82, 2.24) is 0 Å². The fourth-order valence-corrected chi connectivity index (χ4v) is 2.04. The zero-order chi connectivity index (χ0) is 11.6. The van der Waals surface area contributed by atoms with Crippen LogP contribution in [-0.4, -0.2) is 11.4 Å². The van der Waals surface area contributed by atoms with Gasteiger partial charge in [-0.1, -0.05) is 25.0 Å². The van der Waals surface area contributed by atoms with Crippen LogP contribution < -0.4 is 11.1 Å². The van der Waals surface area contributed by atoms with E-state index in [1.54, 1.807) is 12.1 Å². The van der Waals surface area contributed by atoms with Crippen LogP contribution in [0.1, 0.15) is 25.7 Å². The molecule has 1 aromatic rings. The minimum Gasteiger partial charge on any atom is -0.322 e. The molecular weight excluding hydrogens is 207 g/mol. The second-order valence-electron chi connectivity index (χ2n) is 4.30. The summed E-state index contributed by atoms with van der Waals surface area (Å²) in [7, 11) is 0. The van der Waals surface area contributed by atoms with Crippen LogP contribution in [0.4, 0.5) is 10.1 Å². The lowest BCUT2D eigenvalue weighted by Gasteiger charge is -2.22. The third-order valence-electron chi connectivity index (χ3n) is 3.07. The Labute approximate surface area is 93.8 Å². The molecule has 0 radical (unpaired) electrons. The summed E-state index contributed by atoms with van der Waals surface area (Å²) in [4.78, 5) is 11.9. The second kappa shape index (κ2) is 4.22. The van der Waals surface area contributed by atoms with E-state index in [2.05, 4.69) is 5.32 Å². The number of para-hydroxylation sites is 1. The minimum absolute atomic E-state index is 0.198. The van der Waals surface area contributed by atoms with E-state index in [1.807, 2.05) is 0 Å². The van der Waals surface area contributed by atoms with Crippen molar-refractivity contribution in [2.75, 3.05) is 5.32 Å². The molecule has 0 aliphatic heterocycles. The monoisotopic (exact) mass is 222 g/mol. The summed E-state index contributed by atoms with van der Waals surface area (Å²) in [6.07, 6.45) is 3.27. The molecule has 1 saturated carbocycles. The van der Waals surface area contributed by atoms with Crippen LogP contribution >= 0.6 is 0 Å². The summed E-state index contributed by atoms with van der Waals surface area (Å²) in [6, 6.07) is 6.11. The molecule has 1 aliphatic carbocycles. The van der Waals surface area contributed by atoms with E-state index in [1.165, 1.54) is 12.1 Å². The van der Waals surface area contributed by atoms with Gasteiger partial charge in [0, 0.05) is 0 Å². The molecule has 0 unspecified atom stereocenters. The topological polar surface area (TPSA) is 55.1 Å². The molecule has 0 atom stereocenters. The Hall–Kier alpha value is -1.42. The van der Waals surface area contributed by atoms with Crippen LogP contribution in [0, 0.1) is 5.82 Å². The highest BCUT2D eigenvalue weighted by Gasteiger charge is 2.37. The normalized spacial score (nSPS) is 18.4. The van der Waals surface area contributed by atoms with Crippen LogP contribution in [0.15, 0.2) is 24.3 Å². The van der Waals surface area contributed by atoms with Gasteiger partial charge in [0.2, 0.25) is 5.91 Å². The first kappa shape index (κ1) is 11.1. The quantitative estimate of drug-likeness (QED) is 0.804. The number of carbonyl (C=O) groups is 1. The fourth-order valence-electron chi connectivity index (χ4n) is 2.04. The lowest BCUT2D eigenvalue weighted by Crippen LogP contribution is -2.48. The number of halogens is 1. The molecule has 4 heteroatoms. The van der Waals surface area contributed by atoms with Gasteiger partial charge in [0.15, 0.2) is 0 Å². The highest BCUT2D eigenvalue weighted by atomic mass is 19.1. The molecule has 0 aromatic heterocycles. The van der Waals surface area contributed by atoms with Crippen molar-refractivity contribution in [2.24, 2.45) is 5.73 Å². The SMILES string of the molecule is NC1(C(=O)Nc2ccccc2F)CCCC1. The Morgan fingerprint density at radius 3 is 2.56 bits per heavy atom. The Kier molecular flexibility index (Phi) is 2.92. The van der Waals surface area contributed by atoms with Crippen molar-refractivity contribution in [1.29, 1.82) is 0 Å². The van der Waals surface area contributed by atoms with Crippen LogP contribution in [0.3, 0.4) is 0 Å². The van der Waals surface area contributed by atoms with Gasteiger partial charge in [-0.25, -0.2) is 4.39 Å². The molecule has 1 amide bonds. The van der Waals surface area contributed by atoms with Crippen LogP contribution in [0.5, 0.6) is 0 Å². The van der Waals surface area contributed by atoms with Gasteiger partial charge in [-0.2, -0.15) is 0 Å². The van der Waals surface area contributed by atoms with E-state index in [9.17, 15) is 9.18 Å². The van der Waals surface area contributed by atoms with Crippen molar-refractivity contribution in [3.63, 3.8) is 0 Å². The number of anilines is 1. The second-order valence-corrected chi connectivity index (χ2v) is 4.30. The maximum Gasteiger partial charge on any atom is 0.244 e. The molecule has 0 bridgehead atoms. The lowest BCUT2D eigenvalue weighted by atomic mass is 9.98. The van der Waals surface area contributed by atoms with Gasteiger partial charge < -0.3 is 11.1 Å². The summed E-state index contributed by atoms with van der Waals surface area (Å²) in [5.41, 5.74) is 5.35. The zero-order valence-electron chi connectivity index (χ0n) is 9.00. The zero-order valence-corrected chi connectivity index (χ0v) is 9.00. The number of rotatable bonds is 2. The lowest BCUT2D eigenvalue weighted by molar-refractivity contribution is -0.121. The molecular formula is C12H15FN2O. The fraction of sp³-hybridized carbons (Fsp3) is 0.417. The first-order valence-electron chi connectivity index (χ1n) is 5.47. The van der Waals surface area contributed by atoms with Gasteiger partial charge in [0.05, 0.1) is 11.2 Å². The standard InChI is InChI=1S/C12H15FN2O/c13-9-5-1-2-6-10(9)15-11(16)12(14)7-3-4-8-12/h1-2,5-6H,3-4,7-8,14H2,(H,15,16). The van der Waals surface area contributed by atoms with Crippen molar-refractivity contribution >= 4 is 11.6 Å². The van der Waals surface area contributed by atoms with Crippen LogP contribution in [0.2, 0.25) is 0 Å². The average molecular weight is 222 g/mol. The van der Waals surface area contributed by atoms with Gasteiger partial charge >= 0.3 is 0 Å². The number of nitrogens with one attached hydrogen (secondary N) is 1. The van der Waals surface area contributed by atoms with E-state index in [0.717, 1.165) is 12.8 Å². The largest absolute Gasteiger partial charge is 0.322 e. The van der Waals surface area contributed by atoms with Crippen molar-refractivity contribution in [2.45, 2.75) is 31.2 Å². The molecule has 1 aliphatic rings. The van der Waals surface area contributed by atoms with Gasteiger partial charge in [0.1, 0.15) is 5.82 Å². The molecule has 1 aromatic carbocycles. The predicted molar refractivity (Wildman–Crippen MR) is 60.4 cm³/mol. The first-order valence-corrected chi connectivity index (χ1v) is 5.47. The smallest absolute Gasteiger partial charge is 0.244 e. The minimum atomic E-state index is -0.817. The number of nitrogens with two attached hydrogens (primary N) is 1. The van der Waals surface area contributed by atoms with Gasteiger partial charge in [-0.15, -0.1) is 0 Å². The Bertz CT molecular complexity index is 400. The third-order valence-corrected chi connectivity index (χ3v) is 3.07. The molecule has 0 spiro atoms. The third kappa shape index (κ3) is 2.07. The number of carbonyl (C=O) groups excluding carboxylic acids is 1. The Morgan fingerprint density at radius 1 is 1.31 bits per heavy atom. The van der Waals surface area contributed by atoms with Crippen LogP contribution in [-0.2, 0) is 4.79 Å². The molecule has 86 valence electrons. The van der Waals surface area contributed by atoms with Gasteiger partial charge in [-0.3, -0.25) is 4.79 Å². The average Bonchev–Trinajstić information content (AvgIpc) is 2.70. The molecule has 3 nitrogen and oxygen atoms in total. The molecule has 0 saturated heterocycles. The molecule has 2 rings (SSSR count). The Morgan fingerprint density at radius 2 is 1.94 bits per heavy atom. The molecule has 1 fully saturated rings. The van der Waals surface area contributed by atoms with E-state index < -0.39 is 11.4 Å². The molecule has 16 heavy (non-hydrogen) atoms. The predicted octanol–water partition coefficient (Wildman–Crippen LogP) is 2.04. The van der Waals surface area contributed by atoms with Crippen molar-refractivity contribution in [3.8, 4) is 0 Å². The maximum atomic E-state index is 13.3. The highest BCUT2D eigenvalue weighted by Crippen LogP contribution is 2.28. The number of hydrogen-bond acceptors (Lipinski definition) is 2. The van der Waals surface area contributed by atoms with E-state index in [4.69, 9.17) is 5.73 Å². The summed E-state index contributed by atoms with van der Waals surface area (Å²) in [6.45, 7) is 0. The summed E-state index contributed by atoms with van der Waals surface area (Å²) < 4.78 is 13.3. The number of amides is 1. The highest BCUT2D eigenvalue weighted by molar-refractivity contribution is 5.98. The molecule has 0 heterocycles. The number of hydrogen-bond donors (Lipinski definition) is 2. The van der Waals surface area contributed by atoms with Gasteiger partial charge in [-0.05, 0) is 25.0 Å². The van der Waals surface area contributed by atoms with Crippen molar-refractivity contribution < 1.29 is 9.18 Å². The Balaban J connectivity index is 2.10. The van der Waals surface area contributed by atoms with Gasteiger partial charge in [0.25, 0.3) is 0 Å². The van der Waals surface area contributed by atoms with E-state index in [0.29, 0.717) is 12.8 Å². The molecule has 3 N–H and O–H groups in total. The van der Waals surface area contributed by atoms with E-state index in [-0.39, 0.29) is 11.6 Å². The maximum absolute atomic E-state index is 13.3.